The van der Waals surface area contributed by atoms with Crippen LogP contribution in [0.4, 0.5) is 10.3 Å². The molecule has 0 aliphatic carbocycles. The number of benzene rings is 1. The third-order valence-electron chi connectivity index (χ3n) is 4.07. The van der Waals surface area contributed by atoms with E-state index in [2.05, 4.69) is 20.6 Å². The van der Waals surface area contributed by atoms with Crippen LogP contribution in [0.2, 0.25) is 0 Å². The molecule has 2 amide bonds. The fourth-order valence-corrected chi connectivity index (χ4v) is 4.38. The quantitative estimate of drug-likeness (QED) is 0.451. The van der Waals surface area contributed by atoms with E-state index in [1.807, 2.05) is 12.3 Å². The van der Waals surface area contributed by atoms with Gasteiger partial charge in [0.2, 0.25) is 0 Å². The standard InChI is InChI=1S/C20H16N4O4S2/c1-11-16(13-10-29-19(22-13)24-18(26)15-8-5-9-28-15)30-20(21-11)23-17(25)12-6-3-4-7-14(12)27-2/h3-10H,1-2H3,(H,21,23,25)(H,22,24,26). The third kappa shape index (κ3) is 4.09. The molecule has 0 spiro atoms. The van der Waals surface area contributed by atoms with Crippen molar-refractivity contribution in [3.05, 3.63) is 65.1 Å². The van der Waals surface area contributed by atoms with Gasteiger partial charge in [-0.15, -0.1) is 11.3 Å². The van der Waals surface area contributed by atoms with E-state index in [1.54, 1.807) is 36.4 Å². The van der Waals surface area contributed by atoms with Crippen molar-refractivity contribution in [3.8, 4) is 16.3 Å². The van der Waals surface area contributed by atoms with Gasteiger partial charge in [0.25, 0.3) is 11.8 Å². The summed E-state index contributed by atoms with van der Waals surface area (Å²) >= 11 is 2.60. The van der Waals surface area contributed by atoms with Gasteiger partial charge in [0, 0.05) is 5.38 Å². The van der Waals surface area contributed by atoms with Gasteiger partial charge in [-0.1, -0.05) is 23.5 Å². The van der Waals surface area contributed by atoms with Gasteiger partial charge >= 0.3 is 0 Å². The smallest absolute Gasteiger partial charge is 0.293 e. The Balaban J connectivity index is 1.50. The number of anilines is 2. The predicted octanol–water partition coefficient (Wildman–Crippen LogP) is 4.68. The molecule has 152 valence electrons. The number of aryl methyl sites for hydroxylation is 1. The number of furan rings is 1. The van der Waals surface area contributed by atoms with Crippen LogP contribution in [0.1, 0.15) is 26.6 Å². The van der Waals surface area contributed by atoms with Crippen LogP contribution in [0.5, 0.6) is 5.75 Å². The lowest BCUT2D eigenvalue weighted by Crippen LogP contribution is -2.12. The molecule has 8 nitrogen and oxygen atoms in total. The molecule has 2 N–H and O–H groups in total. The lowest BCUT2D eigenvalue weighted by molar-refractivity contribution is 0.0994. The van der Waals surface area contributed by atoms with Gasteiger partial charge in [-0.2, -0.15) is 0 Å². The first-order valence-corrected chi connectivity index (χ1v) is 10.5. The van der Waals surface area contributed by atoms with Crippen LogP contribution >= 0.6 is 22.7 Å². The Kier molecular flexibility index (Phi) is 5.59. The number of carbonyl (C=O) groups is 2. The summed E-state index contributed by atoms with van der Waals surface area (Å²) in [5.41, 5.74) is 1.82. The number of nitrogens with one attached hydrogen (secondary N) is 2. The first kappa shape index (κ1) is 19.8. The molecular formula is C20H16N4O4S2. The van der Waals surface area contributed by atoms with Gasteiger partial charge in [-0.05, 0) is 31.2 Å². The van der Waals surface area contributed by atoms with E-state index >= 15 is 0 Å². The van der Waals surface area contributed by atoms with Gasteiger partial charge in [0.15, 0.2) is 16.0 Å². The summed E-state index contributed by atoms with van der Waals surface area (Å²) in [5.74, 6) is 0.0196. The van der Waals surface area contributed by atoms with E-state index in [4.69, 9.17) is 9.15 Å². The van der Waals surface area contributed by atoms with Crippen LogP contribution in [0.3, 0.4) is 0 Å². The number of hydrogen-bond donors (Lipinski definition) is 2. The highest BCUT2D eigenvalue weighted by atomic mass is 32.1. The van der Waals surface area contributed by atoms with Crippen molar-refractivity contribution in [2.75, 3.05) is 17.7 Å². The highest BCUT2D eigenvalue weighted by Gasteiger charge is 2.18. The largest absolute Gasteiger partial charge is 0.496 e. The maximum atomic E-state index is 12.6. The SMILES string of the molecule is COc1ccccc1C(=O)Nc1nc(C)c(-c2csc(NC(=O)c3ccco3)n2)s1. The molecule has 10 heteroatoms. The Morgan fingerprint density at radius 1 is 1.03 bits per heavy atom. The second-order valence-corrected chi connectivity index (χ2v) is 7.91. The lowest BCUT2D eigenvalue weighted by Gasteiger charge is -2.06. The van der Waals surface area contributed by atoms with E-state index in [0.717, 1.165) is 10.6 Å². The number of amides is 2. The maximum Gasteiger partial charge on any atom is 0.293 e. The number of thiazole rings is 2. The van der Waals surface area contributed by atoms with Crippen LogP contribution in [0.25, 0.3) is 10.6 Å². The number of hydrogen-bond acceptors (Lipinski definition) is 8. The van der Waals surface area contributed by atoms with Gasteiger partial charge < -0.3 is 9.15 Å². The van der Waals surface area contributed by atoms with Crippen molar-refractivity contribution in [2.24, 2.45) is 0 Å². The number of carbonyl (C=O) groups excluding carboxylic acids is 2. The fourth-order valence-electron chi connectivity index (χ4n) is 2.69. The highest BCUT2D eigenvalue weighted by Crippen LogP contribution is 2.35. The van der Waals surface area contributed by atoms with Crippen LogP contribution < -0.4 is 15.4 Å². The molecule has 0 saturated heterocycles. The minimum absolute atomic E-state index is 0.210. The number of nitrogens with zero attached hydrogens (tertiary/aromatic N) is 2. The van der Waals surface area contributed by atoms with Crippen LogP contribution in [0.15, 0.2) is 52.5 Å². The van der Waals surface area contributed by atoms with Gasteiger partial charge in [-0.3, -0.25) is 20.2 Å². The van der Waals surface area contributed by atoms with Crippen molar-refractivity contribution in [3.63, 3.8) is 0 Å². The molecule has 0 bridgehead atoms. The van der Waals surface area contributed by atoms with E-state index in [0.29, 0.717) is 27.3 Å². The monoisotopic (exact) mass is 440 g/mol. The second-order valence-electron chi connectivity index (χ2n) is 6.06. The number of rotatable bonds is 6. The number of para-hydroxylation sites is 1. The van der Waals surface area contributed by atoms with E-state index in [-0.39, 0.29) is 17.6 Å². The average molecular weight is 441 g/mol. The van der Waals surface area contributed by atoms with E-state index < -0.39 is 0 Å². The Morgan fingerprint density at radius 2 is 1.83 bits per heavy atom. The second kappa shape index (κ2) is 8.47. The molecule has 30 heavy (non-hydrogen) atoms. The minimum Gasteiger partial charge on any atom is -0.496 e. The molecule has 0 aliphatic rings. The summed E-state index contributed by atoms with van der Waals surface area (Å²) in [5, 5.41) is 8.22. The van der Waals surface area contributed by atoms with E-state index in [9.17, 15) is 9.59 Å². The Hall–Kier alpha value is -3.50. The molecule has 0 unspecified atom stereocenters. The summed E-state index contributed by atoms with van der Waals surface area (Å²) in [7, 11) is 1.52. The molecule has 0 saturated carbocycles. The van der Waals surface area contributed by atoms with Crippen molar-refractivity contribution >= 4 is 44.8 Å². The van der Waals surface area contributed by atoms with Gasteiger partial charge in [0.05, 0.1) is 35.2 Å². The maximum absolute atomic E-state index is 12.6. The molecule has 3 heterocycles. The average Bonchev–Trinajstić information content (AvgIpc) is 3.49. The molecule has 4 aromatic rings. The zero-order valence-corrected chi connectivity index (χ0v) is 17.6. The summed E-state index contributed by atoms with van der Waals surface area (Å²) < 4.78 is 10.3. The first-order chi connectivity index (χ1) is 14.5. The Morgan fingerprint density at radius 3 is 2.60 bits per heavy atom. The van der Waals surface area contributed by atoms with Gasteiger partial charge in [-0.25, -0.2) is 9.97 Å². The summed E-state index contributed by atoms with van der Waals surface area (Å²) in [4.78, 5) is 34.4. The molecule has 0 radical (unpaired) electrons. The zero-order valence-electron chi connectivity index (χ0n) is 16.0. The minimum atomic E-state index is -0.369. The molecule has 4 rings (SSSR count). The van der Waals surface area contributed by atoms with Crippen molar-refractivity contribution < 1.29 is 18.7 Å². The number of methoxy groups -OCH3 is 1. The number of aromatic nitrogens is 2. The van der Waals surface area contributed by atoms with E-state index in [1.165, 1.54) is 36.0 Å². The third-order valence-corrected chi connectivity index (χ3v) is 5.92. The van der Waals surface area contributed by atoms with Crippen molar-refractivity contribution in [1.82, 2.24) is 9.97 Å². The Bertz CT molecular complexity index is 1200. The van der Waals surface area contributed by atoms with Crippen molar-refractivity contribution in [2.45, 2.75) is 6.92 Å². The van der Waals surface area contributed by atoms with Crippen LogP contribution in [0, 0.1) is 6.92 Å². The molecule has 0 fully saturated rings. The molecule has 0 aliphatic heterocycles. The predicted molar refractivity (Wildman–Crippen MR) is 116 cm³/mol. The summed E-state index contributed by atoms with van der Waals surface area (Å²) in [6, 6.07) is 10.2. The lowest BCUT2D eigenvalue weighted by atomic mass is 10.2. The molecule has 1 aromatic carbocycles. The van der Waals surface area contributed by atoms with Crippen molar-refractivity contribution in [1.29, 1.82) is 0 Å². The Labute approximate surface area is 179 Å². The zero-order chi connectivity index (χ0) is 21.1. The number of ether oxygens (including phenoxy) is 1. The summed E-state index contributed by atoms with van der Waals surface area (Å²) in [6.45, 7) is 1.84. The topological polar surface area (TPSA) is 106 Å². The summed E-state index contributed by atoms with van der Waals surface area (Å²) in [6.07, 6.45) is 1.43. The molecule has 3 aromatic heterocycles. The molecular weight excluding hydrogens is 424 g/mol. The highest BCUT2D eigenvalue weighted by molar-refractivity contribution is 7.20. The van der Waals surface area contributed by atoms with Gasteiger partial charge in [0.1, 0.15) is 5.75 Å². The van der Waals surface area contributed by atoms with Crippen LogP contribution in [-0.4, -0.2) is 28.9 Å². The normalized spacial score (nSPS) is 10.6. The first-order valence-electron chi connectivity index (χ1n) is 8.77. The fraction of sp³-hybridized carbons (Fsp3) is 0.100. The molecule has 0 atom stereocenters. The van der Waals surface area contributed by atoms with Crippen LogP contribution in [-0.2, 0) is 0 Å².